The van der Waals surface area contributed by atoms with Crippen LogP contribution >= 0.6 is 0 Å². The Bertz CT molecular complexity index is 312. The molecule has 1 aliphatic rings. The highest BCUT2D eigenvalue weighted by atomic mass is 19.4. The monoisotopic (exact) mass is 248 g/mol. The molecule has 5 heteroatoms. The second-order valence-electron chi connectivity index (χ2n) is 5.88. The van der Waals surface area contributed by atoms with E-state index in [1.807, 2.05) is 0 Å². The predicted molar refractivity (Wildman–Crippen MR) is 59.1 cm³/mol. The Morgan fingerprint density at radius 2 is 1.71 bits per heavy atom. The van der Waals surface area contributed by atoms with Crippen LogP contribution in [0.1, 0.15) is 27.7 Å². The Kier molecular flexibility index (Phi) is 3.50. The highest BCUT2D eigenvalue weighted by molar-refractivity contribution is 5.12. The van der Waals surface area contributed by atoms with Gasteiger partial charge in [0.05, 0.1) is 6.07 Å². The van der Waals surface area contributed by atoms with Gasteiger partial charge in [-0.25, -0.2) is 0 Å². The third-order valence-electron chi connectivity index (χ3n) is 4.57. The fourth-order valence-corrected chi connectivity index (χ4v) is 2.45. The highest BCUT2D eigenvalue weighted by Gasteiger charge is 2.63. The maximum atomic E-state index is 12.3. The summed E-state index contributed by atoms with van der Waals surface area (Å²) in [4.78, 5) is 0. The zero-order valence-electron chi connectivity index (χ0n) is 10.7. The minimum Gasteiger partial charge on any atom is -0.315 e. The quantitative estimate of drug-likeness (QED) is 0.830. The molecule has 17 heavy (non-hydrogen) atoms. The molecule has 0 bridgehead atoms. The van der Waals surface area contributed by atoms with E-state index in [0.717, 1.165) is 0 Å². The zero-order chi connectivity index (χ0) is 13.5. The molecule has 1 saturated carbocycles. The molecule has 0 amide bonds. The van der Waals surface area contributed by atoms with Gasteiger partial charge in [-0.3, -0.25) is 0 Å². The summed E-state index contributed by atoms with van der Waals surface area (Å²) in [5, 5.41) is 11.2. The Morgan fingerprint density at radius 1 is 1.24 bits per heavy atom. The molecule has 1 unspecified atom stereocenters. The minimum absolute atomic E-state index is 0.153. The van der Waals surface area contributed by atoms with E-state index in [0.29, 0.717) is 12.5 Å². The third kappa shape index (κ3) is 2.57. The molecule has 0 aromatic heterocycles. The second kappa shape index (κ2) is 4.16. The summed E-state index contributed by atoms with van der Waals surface area (Å²) < 4.78 is 36.9. The van der Waals surface area contributed by atoms with Crippen LogP contribution in [0.3, 0.4) is 0 Å². The largest absolute Gasteiger partial charge is 0.405 e. The van der Waals surface area contributed by atoms with E-state index in [2.05, 4.69) is 33.0 Å². The number of rotatable bonds is 4. The summed E-state index contributed by atoms with van der Waals surface area (Å²) >= 11 is 0. The average molecular weight is 248 g/mol. The van der Waals surface area contributed by atoms with Gasteiger partial charge in [0.25, 0.3) is 0 Å². The van der Waals surface area contributed by atoms with Crippen molar-refractivity contribution in [3.05, 3.63) is 0 Å². The van der Waals surface area contributed by atoms with Gasteiger partial charge in [0.1, 0.15) is 0 Å². The lowest BCUT2D eigenvalue weighted by molar-refractivity contribution is -0.157. The summed E-state index contributed by atoms with van der Waals surface area (Å²) in [6.45, 7) is 8.68. The Morgan fingerprint density at radius 3 is 2.00 bits per heavy atom. The highest BCUT2D eigenvalue weighted by Crippen LogP contribution is 2.67. The van der Waals surface area contributed by atoms with E-state index < -0.39 is 12.1 Å². The number of nitrogens with zero attached hydrogens (tertiary/aromatic N) is 1. The van der Waals surface area contributed by atoms with Crippen LogP contribution in [0.25, 0.3) is 0 Å². The van der Waals surface area contributed by atoms with Crippen molar-refractivity contribution in [3.63, 3.8) is 0 Å². The van der Waals surface area contributed by atoms with Crippen molar-refractivity contribution in [1.29, 1.82) is 5.26 Å². The van der Waals surface area contributed by atoms with E-state index >= 15 is 0 Å². The average Bonchev–Trinajstić information content (AvgIpc) is 2.51. The predicted octanol–water partition coefficient (Wildman–Crippen LogP) is 2.96. The van der Waals surface area contributed by atoms with Gasteiger partial charge in [-0.15, -0.1) is 0 Å². The Balaban J connectivity index is 2.38. The SMILES string of the molecule is CC1(C)C(CNCC(C#N)C(F)(F)F)C1(C)C. The number of nitrogens with one attached hydrogen (secondary N) is 1. The van der Waals surface area contributed by atoms with Gasteiger partial charge in [-0.1, -0.05) is 27.7 Å². The molecule has 0 aromatic rings. The van der Waals surface area contributed by atoms with Crippen LogP contribution in [-0.4, -0.2) is 19.3 Å². The molecule has 2 nitrogen and oxygen atoms in total. The molecular weight excluding hydrogens is 229 g/mol. The molecular formula is C12H19F3N2. The fourth-order valence-electron chi connectivity index (χ4n) is 2.45. The molecule has 0 radical (unpaired) electrons. The smallest absolute Gasteiger partial charge is 0.315 e. The fraction of sp³-hybridized carbons (Fsp3) is 0.917. The van der Waals surface area contributed by atoms with Crippen molar-refractivity contribution in [2.45, 2.75) is 33.9 Å². The molecule has 0 spiro atoms. The molecule has 98 valence electrons. The van der Waals surface area contributed by atoms with Gasteiger partial charge in [0.2, 0.25) is 0 Å². The van der Waals surface area contributed by atoms with Gasteiger partial charge in [-0.05, 0) is 23.3 Å². The van der Waals surface area contributed by atoms with Crippen LogP contribution in [0, 0.1) is 34.0 Å². The first-order valence-corrected chi connectivity index (χ1v) is 5.72. The van der Waals surface area contributed by atoms with Crippen molar-refractivity contribution in [2.75, 3.05) is 13.1 Å². The molecule has 0 saturated heterocycles. The summed E-state index contributed by atoms with van der Waals surface area (Å²) in [6, 6.07) is 1.29. The van der Waals surface area contributed by atoms with Gasteiger partial charge in [0, 0.05) is 6.54 Å². The summed E-state index contributed by atoms with van der Waals surface area (Å²) in [6.07, 6.45) is -4.43. The third-order valence-corrected chi connectivity index (χ3v) is 4.57. The standard InChI is InChI=1S/C12H19F3N2/c1-10(2)9(11(10,3)4)7-17-6-8(5-16)12(13,14)15/h8-9,17H,6-7H2,1-4H3. The van der Waals surface area contributed by atoms with Gasteiger partial charge >= 0.3 is 6.18 Å². The summed E-state index contributed by atoms with van der Waals surface area (Å²) in [5.41, 5.74) is 0.306. The summed E-state index contributed by atoms with van der Waals surface area (Å²) in [7, 11) is 0. The molecule has 1 atom stereocenters. The van der Waals surface area contributed by atoms with Crippen molar-refractivity contribution < 1.29 is 13.2 Å². The van der Waals surface area contributed by atoms with Gasteiger partial charge in [-0.2, -0.15) is 18.4 Å². The maximum absolute atomic E-state index is 12.3. The lowest BCUT2D eigenvalue weighted by Crippen LogP contribution is -2.34. The molecule has 1 N–H and O–H groups in total. The van der Waals surface area contributed by atoms with Crippen LogP contribution in [-0.2, 0) is 0 Å². The van der Waals surface area contributed by atoms with E-state index in [4.69, 9.17) is 5.26 Å². The molecule has 0 heterocycles. The Labute approximate surface area is 100 Å². The van der Waals surface area contributed by atoms with Crippen LogP contribution in [0.2, 0.25) is 0 Å². The molecule has 1 aliphatic carbocycles. The van der Waals surface area contributed by atoms with Gasteiger partial charge < -0.3 is 5.32 Å². The van der Waals surface area contributed by atoms with Gasteiger partial charge in [0.15, 0.2) is 5.92 Å². The second-order valence-corrected chi connectivity index (χ2v) is 5.88. The van der Waals surface area contributed by atoms with Crippen LogP contribution in [0.5, 0.6) is 0 Å². The first-order valence-electron chi connectivity index (χ1n) is 5.72. The lowest BCUT2D eigenvalue weighted by Gasteiger charge is -2.14. The molecule has 0 aromatic carbocycles. The van der Waals surface area contributed by atoms with Crippen LogP contribution in [0.15, 0.2) is 0 Å². The number of hydrogen-bond donors (Lipinski definition) is 1. The molecule has 0 aliphatic heterocycles. The van der Waals surface area contributed by atoms with Crippen molar-refractivity contribution in [3.8, 4) is 6.07 Å². The number of halogens is 3. The van der Waals surface area contributed by atoms with Crippen molar-refractivity contribution >= 4 is 0 Å². The minimum atomic E-state index is -4.43. The molecule has 1 rings (SSSR count). The number of hydrogen-bond acceptors (Lipinski definition) is 2. The van der Waals surface area contributed by atoms with Crippen molar-refractivity contribution in [1.82, 2.24) is 5.32 Å². The number of alkyl halides is 3. The first kappa shape index (κ1) is 14.3. The summed E-state index contributed by atoms with van der Waals surface area (Å²) in [5.74, 6) is -1.55. The van der Waals surface area contributed by atoms with E-state index in [1.54, 1.807) is 0 Å². The van der Waals surface area contributed by atoms with Crippen LogP contribution in [0.4, 0.5) is 13.2 Å². The van der Waals surface area contributed by atoms with E-state index in [-0.39, 0.29) is 17.4 Å². The van der Waals surface area contributed by atoms with Crippen molar-refractivity contribution in [2.24, 2.45) is 22.7 Å². The zero-order valence-corrected chi connectivity index (χ0v) is 10.7. The maximum Gasteiger partial charge on any atom is 0.405 e. The molecule has 1 fully saturated rings. The lowest BCUT2D eigenvalue weighted by atomic mass is 10.0. The number of nitriles is 1. The van der Waals surface area contributed by atoms with E-state index in [1.165, 1.54) is 6.07 Å². The van der Waals surface area contributed by atoms with Crippen LogP contribution < -0.4 is 5.32 Å². The normalized spacial score (nSPS) is 24.1. The van der Waals surface area contributed by atoms with E-state index in [9.17, 15) is 13.2 Å². The first-order chi connectivity index (χ1) is 7.55. The topological polar surface area (TPSA) is 35.8 Å². The Hall–Kier alpha value is -0.760.